The van der Waals surface area contributed by atoms with E-state index in [1.165, 1.54) is 0 Å². The Morgan fingerprint density at radius 3 is 2.93 bits per heavy atom. The van der Waals surface area contributed by atoms with Crippen molar-refractivity contribution >= 4 is 17.7 Å². The first-order chi connectivity index (χ1) is 6.61. The first kappa shape index (κ1) is 11.8. The Morgan fingerprint density at radius 1 is 1.71 bits per heavy atom. The third-order valence-corrected chi connectivity index (χ3v) is 3.43. The molecule has 0 aromatic rings. The summed E-state index contributed by atoms with van der Waals surface area (Å²) in [5, 5.41) is 6.10. The molecule has 2 unspecified atom stereocenters. The maximum atomic E-state index is 11.6. The molecule has 1 aliphatic rings. The molecular weight excluding hydrogens is 198 g/mol. The fraction of sp³-hybridized carbons (Fsp3) is 0.889. The van der Waals surface area contributed by atoms with Gasteiger partial charge in [0.2, 0.25) is 5.91 Å². The molecule has 1 aliphatic heterocycles. The molecule has 1 saturated heterocycles. The number of amides is 1. The Balaban J connectivity index is 2.20. The second-order valence-corrected chi connectivity index (χ2v) is 4.86. The van der Waals surface area contributed by atoms with Crippen LogP contribution in [0.25, 0.3) is 0 Å². The molecule has 2 atom stereocenters. The molecule has 0 aromatic heterocycles. The summed E-state index contributed by atoms with van der Waals surface area (Å²) < 4.78 is 0. The van der Waals surface area contributed by atoms with Gasteiger partial charge in [0.25, 0.3) is 0 Å². The van der Waals surface area contributed by atoms with Crippen LogP contribution >= 0.6 is 11.8 Å². The SMILES string of the molecule is CC(CNC(=O)C1CSCN1)N(C)C. The lowest BCUT2D eigenvalue weighted by molar-refractivity contribution is -0.122. The van der Waals surface area contributed by atoms with Crippen LogP contribution in [0.4, 0.5) is 0 Å². The monoisotopic (exact) mass is 217 g/mol. The second-order valence-electron chi connectivity index (χ2n) is 3.83. The van der Waals surface area contributed by atoms with Crippen LogP contribution in [0.15, 0.2) is 0 Å². The number of nitrogens with zero attached hydrogens (tertiary/aromatic N) is 1. The molecule has 0 radical (unpaired) electrons. The molecule has 0 spiro atoms. The van der Waals surface area contributed by atoms with E-state index in [1.54, 1.807) is 11.8 Å². The highest BCUT2D eigenvalue weighted by Crippen LogP contribution is 2.09. The van der Waals surface area contributed by atoms with E-state index in [0.29, 0.717) is 12.6 Å². The van der Waals surface area contributed by atoms with Gasteiger partial charge in [0.1, 0.15) is 0 Å². The second kappa shape index (κ2) is 5.58. The number of hydrogen-bond acceptors (Lipinski definition) is 4. The number of hydrogen-bond donors (Lipinski definition) is 2. The normalized spacial score (nSPS) is 23.9. The minimum Gasteiger partial charge on any atom is -0.353 e. The average molecular weight is 217 g/mol. The quantitative estimate of drug-likeness (QED) is 0.679. The smallest absolute Gasteiger partial charge is 0.238 e. The third-order valence-electron chi connectivity index (χ3n) is 2.49. The van der Waals surface area contributed by atoms with Crippen LogP contribution in [0, 0.1) is 0 Å². The standard InChI is InChI=1S/C9H19N3OS/c1-7(12(2)3)4-10-9(13)8-5-14-6-11-8/h7-8,11H,4-6H2,1-3H3,(H,10,13). The molecule has 2 N–H and O–H groups in total. The van der Waals surface area contributed by atoms with Gasteiger partial charge in [-0.1, -0.05) is 0 Å². The van der Waals surface area contributed by atoms with E-state index in [2.05, 4.69) is 22.5 Å². The molecule has 4 nitrogen and oxygen atoms in total. The Morgan fingerprint density at radius 2 is 2.43 bits per heavy atom. The molecule has 0 saturated carbocycles. The van der Waals surface area contributed by atoms with Crippen molar-refractivity contribution in [2.24, 2.45) is 0 Å². The molecule has 5 heteroatoms. The van der Waals surface area contributed by atoms with E-state index in [1.807, 2.05) is 14.1 Å². The molecule has 0 bridgehead atoms. The molecule has 0 aromatic carbocycles. The Bertz CT molecular complexity index is 192. The van der Waals surface area contributed by atoms with Crippen molar-refractivity contribution in [1.29, 1.82) is 0 Å². The highest BCUT2D eigenvalue weighted by Gasteiger charge is 2.22. The summed E-state index contributed by atoms with van der Waals surface area (Å²) in [6, 6.07) is 0.391. The van der Waals surface area contributed by atoms with Crippen LogP contribution in [0.5, 0.6) is 0 Å². The minimum atomic E-state index is 0.00867. The Hall–Kier alpha value is -0.260. The lowest BCUT2D eigenvalue weighted by Gasteiger charge is -2.21. The summed E-state index contributed by atoms with van der Waals surface area (Å²) in [4.78, 5) is 13.7. The Labute approximate surface area is 89.8 Å². The van der Waals surface area contributed by atoms with Crippen LogP contribution in [0.2, 0.25) is 0 Å². The molecule has 1 rings (SSSR count). The zero-order chi connectivity index (χ0) is 10.6. The number of nitrogens with one attached hydrogen (secondary N) is 2. The zero-order valence-corrected chi connectivity index (χ0v) is 9.86. The third kappa shape index (κ3) is 3.48. The first-order valence-electron chi connectivity index (χ1n) is 4.86. The summed E-state index contributed by atoms with van der Waals surface area (Å²) in [5.41, 5.74) is 0. The van der Waals surface area contributed by atoms with Crippen molar-refractivity contribution in [2.45, 2.75) is 19.0 Å². The van der Waals surface area contributed by atoms with E-state index in [-0.39, 0.29) is 11.9 Å². The summed E-state index contributed by atoms with van der Waals surface area (Å²) in [5.74, 6) is 1.91. The predicted octanol–water partition coefficient (Wildman–Crippen LogP) is -0.285. The number of rotatable bonds is 4. The number of carbonyl (C=O) groups is 1. The van der Waals surface area contributed by atoms with Gasteiger partial charge < -0.3 is 10.2 Å². The highest BCUT2D eigenvalue weighted by molar-refractivity contribution is 7.99. The molecule has 1 fully saturated rings. The maximum Gasteiger partial charge on any atom is 0.238 e. The van der Waals surface area contributed by atoms with Crippen LogP contribution in [0.3, 0.4) is 0 Å². The maximum absolute atomic E-state index is 11.6. The van der Waals surface area contributed by atoms with Gasteiger partial charge >= 0.3 is 0 Å². The van der Waals surface area contributed by atoms with Crippen molar-refractivity contribution in [3.05, 3.63) is 0 Å². The van der Waals surface area contributed by atoms with Gasteiger partial charge in [-0.15, -0.1) is 11.8 Å². The molecule has 1 amide bonds. The van der Waals surface area contributed by atoms with E-state index in [9.17, 15) is 4.79 Å². The van der Waals surface area contributed by atoms with Crippen LogP contribution in [-0.4, -0.2) is 55.2 Å². The largest absolute Gasteiger partial charge is 0.353 e. The van der Waals surface area contributed by atoms with Crippen LogP contribution in [-0.2, 0) is 4.79 Å². The van der Waals surface area contributed by atoms with E-state index >= 15 is 0 Å². The lowest BCUT2D eigenvalue weighted by atomic mass is 10.2. The first-order valence-corrected chi connectivity index (χ1v) is 6.02. The van der Waals surface area contributed by atoms with Gasteiger partial charge in [0.15, 0.2) is 0 Å². The zero-order valence-electron chi connectivity index (χ0n) is 9.04. The van der Waals surface area contributed by atoms with E-state index in [4.69, 9.17) is 0 Å². The Kier molecular flexibility index (Phi) is 4.71. The van der Waals surface area contributed by atoms with Gasteiger partial charge in [-0.05, 0) is 21.0 Å². The average Bonchev–Trinajstić information content (AvgIpc) is 2.66. The number of thioether (sulfide) groups is 1. The fourth-order valence-electron chi connectivity index (χ4n) is 1.12. The summed E-state index contributed by atoms with van der Waals surface area (Å²) >= 11 is 1.77. The molecule has 14 heavy (non-hydrogen) atoms. The van der Waals surface area contributed by atoms with Gasteiger partial charge in [0, 0.05) is 24.2 Å². The molecule has 1 heterocycles. The van der Waals surface area contributed by atoms with Crippen molar-refractivity contribution in [3.8, 4) is 0 Å². The summed E-state index contributed by atoms with van der Waals surface area (Å²) in [7, 11) is 4.03. The predicted molar refractivity (Wildman–Crippen MR) is 60.4 cm³/mol. The van der Waals surface area contributed by atoms with Gasteiger partial charge in [-0.25, -0.2) is 0 Å². The molecule has 82 valence electrons. The van der Waals surface area contributed by atoms with Crippen molar-refractivity contribution < 1.29 is 4.79 Å². The van der Waals surface area contributed by atoms with E-state index in [0.717, 1.165) is 11.6 Å². The fourth-order valence-corrected chi connectivity index (χ4v) is 2.06. The topological polar surface area (TPSA) is 44.4 Å². The molecule has 0 aliphatic carbocycles. The lowest BCUT2D eigenvalue weighted by Crippen LogP contribution is -2.46. The summed E-state index contributed by atoms with van der Waals surface area (Å²) in [6.07, 6.45) is 0. The number of likely N-dealkylation sites (N-methyl/N-ethyl adjacent to an activating group) is 1. The highest BCUT2D eigenvalue weighted by atomic mass is 32.2. The van der Waals surface area contributed by atoms with E-state index < -0.39 is 0 Å². The van der Waals surface area contributed by atoms with Crippen LogP contribution < -0.4 is 10.6 Å². The number of carbonyl (C=O) groups excluding carboxylic acids is 1. The van der Waals surface area contributed by atoms with Crippen molar-refractivity contribution in [2.75, 3.05) is 32.3 Å². The van der Waals surface area contributed by atoms with Crippen molar-refractivity contribution in [3.63, 3.8) is 0 Å². The summed E-state index contributed by atoms with van der Waals surface area (Å²) in [6.45, 7) is 2.81. The van der Waals surface area contributed by atoms with Crippen LogP contribution in [0.1, 0.15) is 6.92 Å². The van der Waals surface area contributed by atoms with Gasteiger partial charge in [-0.2, -0.15) is 0 Å². The van der Waals surface area contributed by atoms with Crippen molar-refractivity contribution in [1.82, 2.24) is 15.5 Å². The molecular formula is C9H19N3OS. The van der Waals surface area contributed by atoms with Gasteiger partial charge in [-0.3, -0.25) is 10.1 Å². The van der Waals surface area contributed by atoms with Gasteiger partial charge in [0.05, 0.1) is 6.04 Å². The minimum absolute atomic E-state index is 0.00867.